The van der Waals surface area contributed by atoms with Crippen LogP contribution < -0.4 is 5.32 Å². The molecular weight excluding hydrogens is 196 g/mol. The highest BCUT2D eigenvalue weighted by molar-refractivity contribution is 7.99. The van der Waals surface area contributed by atoms with Gasteiger partial charge < -0.3 is 15.3 Å². The minimum atomic E-state index is 0.253. The van der Waals surface area contributed by atoms with Crippen molar-refractivity contribution < 1.29 is 5.11 Å². The van der Waals surface area contributed by atoms with Gasteiger partial charge >= 0.3 is 0 Å². The van der Waals surface area contributed by atoms with Crippen LogP contribution in [-0.4, -0.2) is 61.3 Å². The van der Waals surface area contributed by atoms with Gasteiger partial charge in [-0.25, -0.2) is 0 Å². The van der Waals surface area contributed by atoms with Gasteiger partial charge in [0.1, 0.15) is 0 Å². The monoisotopic (exact) mass is 220 g/mol. The molecule has 0 fully saturated rings. The third-order valence-electron chi connectivity index (χ3n) is 2.29. The minimum absolute atomic E-state index is 0.253. The normalized spacial score (nSPS) is 15.9. The molecule has 86 valence electrons. The molecule has 2 N–H and O–H groups in total. The summed E-state index contributed by atoms with van der Waals surface area (Å²) in [4.78, 5) is 2.18. The Morgan fingerprint density at radius 3 is 2.50 bits per heavy atom. The maximum atomic E-state index is 9.07. The van der Waals surface area contributed by atoms with Crippen molar-refractivity contribution in [3.63, 3.8) is 0 Å². The van der Waals surface area contributed by atoms with Gasteiger partial charge in [0.2, 0.25) is 0 Å². The lowest BCUT2D eigenvalue weighted by Crippen LogP contribution is -2.38. The molecule has 0 aromatic rings. The van der Waals surface area contributed by atoms with Crippen LogP contribution in [0.5, 0.6) is 0 Å². The fourth-order valence-electron chi connectivity index (χ4n) is 1.29. The highest BCUT2D eigenvalue weighted by Gasteiger charge is 2.13. The number of hydrogen-bond acceptors (Lipinski definition) is 4. The summed E-state index contributed by atoms with van der Waals surface area (Å²) in [5, 5.41) is 12.8. The van der Waals surface area contributed by atoms with E-state index in [1.165, 1.54) is 0 Å². The van der Waals surface area contributed by atoms with Crippen LogP contribution in [0.4, 0.5) is 0 Å². The molecule has 2 atom stereocenters. The lowest BCUT2D eigenvalue weighted by molar-refractivity contribution is 0.275. The van der Waals surface area contributed by atoms with Gasteiger partial charge in [-0.2, -0.15) is 11.8 Å². The van der Waals surface area contributed by atoms with Crippen molar-refractivity contribution in [1.82, 2.24) is 10.2 Å². The van der Waals surface area contributed by atoms with E-state index in [0.29, 0.717) is 11.3 Å². The van der Waals surface area contributed by atoms with Gasteiger partial charge in [0.05, 0.1) is 6.61 Å². The van der Waals surface area contributed by atoms with Crippen LogP contribution in [0.15, 0.2) is 0 Å². The molecule has 0 bridgehead atoms. The van der Waals surface area contributed by atoms with Crippen molar-refractivity contribution in [3.05, 3.63) is 0 Å². The first-order chi connectivity index (χ1) is 6.61. The molecule has 0 aliphatic carbocycles. The van der Waals surface area contributed by atoms with Gasteiger partial charge in [-0.15, -0.1) is 0 Å². The molecule has 0 heterocycles. The molecule has 4 heteroatoms. The van der Waals surface area contributed by atoms with Crippen molar-refractivity contribution in [3.8, 4) is 0 Å². The van der Waals surface area contributed by atoms with Crippen LogP contribution in [0.2, 0.25) is 0 Å². The lowest BCUT2D eigenvalue weighted by Gasteiger charge is -2.21. The van der Waals surface area contributed by atoms with E-state index in [0.717, 1.165) is 19.5 Å². The second kappa shape index (κ2) is 8.53. The van der Waals surface area contributed by atoms with E-state index in [-0.39, 0.29) is 6.61 Å². The fourth-order valence-corrected chi connectivity index (χ4v) is 1.95. The number of aliphatic hydroxyl groups excluding tert-OH is 1. The summed E-state index contributed by atoms with van der Waals surface area (Å²) in [5.74, 6) is 0. The molecular formula is C10H24N2OS. The molecule has 0 saturated heterocycles. The van der Waals surface area contributed by atoms with Crippen LogP contribution in [-0.2, 0) is 0 Å². The summed E-state index contributed by atoms with van der Waals surface area (Å²) in [7, 11) is 4.17. The Morgan fingerprint density at radius 2 is 2.07 bits per heavy atom. The number of aliphatic hydroxyl groups is 1. The van der Waals surface area contributed by atoms with E-state index < -0.39 is 0 Å². The van der Waals surface area contributed by atoms with Gasteiger partial charge in [-0.3, -0.25) is 0 Å². The Labute approximate surface area is 92.3 Å². The quantitative estimate of drug-likeness (QED) is 0.589. The van der Waals surface area contributed by atoms with Crippen molar-refractivity contribution in [2.45, 2.75) is 24.6 Å². The maximum absolute atomic E-state index is 9.07. The van der Waals surface area contributed by atoms with Gasteiger partial charge in [0.25, 0.3) is 0 Å². The Bertz CT molecular complexity index is 129. The highest BCUT2D eigenvalue weighted by atomic mass is 32.2. The van der Waals surface area contributed by atoms with E-state index in [1.807, 2.05) is 6.26 Å². The number of nitrogens with zero attached hydrogens (tertiary/aromatic N) is 1. The lowest BCUT2D eigenvalue weighted by atomic mass is 10.2. The number of hydrogen-bond donors (Lipinski definition) is 2. The van der Waals surface area contributed by atoms with Crippen LogP contribution in [0.1, 0.15) is 13.3 Å². The molecule has 0 aromatic carbocycles. The molecule has 0 saturated carbocycles. The number of rotatable bonds is 8. The average molecular weight is 220 g/mol. The summed E-state index contributed by atoms with van der Waals surface area (Å²) in [5.41, 5.74) is 0. The standard InChI is InChI=1S/C10H24N2OS/c1-9(10(8-13)14-4)11-6-5-7-12(2)3/h9-11,13H,5-8H2,1-4H3. The first-order valence-electron chi connectivity index (χ1n) is 5.13. The van der Waals surface area contributed by atoms with E-state index in [4.69, 9.17) is 5.11 Å². The summed E-state index contributed by atoms with van der Waals surface area (Å²) in [6.07, 6.45) is 3.20. The second-order valence-electron chi connectivity index (χ2n) is 3.86. The van der Waals surface area contributed by atoms with E-state index in [2.05, 4.69) is 31.2 Å². The third kappa shape index (κ3) is 6.65. The zero-order valence-corrected chi connectivity index (χ0v) is 10.6. The zero-order chi connectivity index (χ0) is 11.0. The smallest absolute Gasteiger partial charge is 0.0564 e. The predicted octanol–water partition coefficient (Wildman–Crippen LogP) is 0.640. The summed E-state index contributed by atoms with van der Waals surface area (Å²) in [6.45, 7) is 4.52. The number of nitrogens with one attached hydrogen (secondary N) is 1. The Morgan fingerprint density at radius 1 is 1.43 bits per heavy atom. The molecule has 0 spiro atoms. The minimum Gasteiger partial charge on any atom is -0.395 e. The summed E-state index contributed by atoms with van der Waals surface area (Å²) >= 11 is 1.72. The third-order valence-corrected chi connectivity index (χ3v) is 3.45. The second-order valence-corrected chi connectivity index (χ2v) is 4.93. The molecule has 0 aromatic heterocycles. The van der Waals surface area contributed by atoms with Gasteiger partial charge in [0.15, 0.2) is 0 Å². The van der Waals surface area contributed by atoms with Crippen molar-refractivity contribution >= 4 is 11.8 Å². The highest BCUT2D eigenvalue weighted by Crippen LogP contribution is 2.09. The average Bonchev–Trinajstić information content (AvgIpc) is 2.14. The molecule has 0 amide bonds. The molecule has 0 aliphatic rings. The first kappa shape index (κ1) is 14.2. The first-order valence-corrected chi connectivity index (χ1v) is 6.42. The van der Waals surface area contributed by atoms with Crippen LogP contribution in [0.25, 0.3) is 0 Å². The summed E-state index contributed by atoms with van der Waals surface area (Å²) in [6, 6.07) is 0.386. The molecule has 0 aliphatic heterocycles. The fraction of sp³-hybridized carbons (Fsp3) is 1.00. The van der Waals surface area contributed by atoms with Crippen LogP contribution in [0.3, 0.4) is 0 Å². The molecule has 0 rings (SSSR count). The topological polar surface area (TPSA) is 35.5 Å². The van der Waals surface area contributed by atoms with Crippen molar-refractivity contribution in [2.24, 2.45) is 0 Å². The van der Waals surface area contributed by atoms with Crippen molar-refractivity contribution in [1.29, 1.82) is 0 Å². The van der Waals surface area contributed by atoms with Crippen LogP contribution in [0, 0.1) is 0 Å². The summed E-state index contributed by atoms with van der Waals surface area (Å²) < 4.78 is 0. The van der Waals surface area contributed by atoms with Gasteiger partial charge in [-0.1, -0.05) is 0 Å². The molecule has 3 nitrogen and oxygen atoms in total. The molecule has 0 radical (unpaired) electrons. The largest absolute Gasteiger partial charge is 0.395 e. The van der Waals surface area contributed by atoms with Gasteiger partial charge in [-0.05, 0) is 46.8 Å². The van der Waals surface area contributed by atoms with Crippen LogP contribution >= 0.6 is 11.8 Å². The van der Waals surface area contributed by atoms with E-state index in [9.17, 15) is 0 Å². The van der Waals surface area contributed by atoms with E-state index in [1.54, 1.807) is 11.8 Å². The molecule has 14 heavy (non-hydrogen) atoms. The zero-order valence-electron chi connectivity index (χ0n) is 9.79. The maximum Gasteiger partial charge on any atom is 0.0564 e. The van der Waals surface area contributed by atoms with Gasteiger partial charge in [0, 0.05) is 11.3 Å². The predicted molar refractivity (Wildman–Crippen MR) is 65.0 cm³/mol. The Kier molecular flexibility index (Phi) is 8.67. The number of thioether (sulfide) groups is 1. The Balaban J connectivity index is 3.47. The van der Waals surface area contributed by atoms with Crippen molar-refractivity contribution in [2.75, 3.05) is 40.0 Å². The molecule has 2 unspecified atom stereocenters. The van der Waals surface area contributed by atoms with E-state index >= 15 is 0 Å². The SMILES string of the molecule is CSC(CO)C(C)NCCCN(C)C. The Hall–Kier alpha value is 0.230.